The Balaban J connectivity index is 0.00000341. The van der Waals surface area contributed by atoms with E-state index in [1.807, 2.05) is 6.92 Å². The minimum Gasteiger partial charge on any atom is -0.492 e. The Morgan fingerprint density at radius 3 is 2.29 bits per heavy atom. The molecular formula is C23H32IN3O3S. The van der Waals surface area contributed by atoms with Gasteiger partial charge in [-0.2, -0.15) is 0 Å². The fourth-order valence-electron chi connectivity index (χ4n) is 3.63. The van der Waals surface area contributed by atoms with E-state index in [4.69, 9.17) is 9.73 Å². The van der Waals surface area contributed by atoms with Crippen molar-refractivity contribution in [1.29, 1.82) is 0 Å². The van der Waals surface area contributed by atoms with E-state index in [0.29, 0.717) is 18.9 Å². The number of nitrogens with zero attached hydrogens (tertiary/aromatic N) is 1. The number of ether oxygens (including phenoxy) is 1. The average Bonchev–Trinajstić information content (AvgIpc) is 2.71. The normalized spacial score (nSPS) is 15.4. The lowest BCUT2D eigenvalue weighted by atomic mass is 9.64. The van der Waals surface area contributed by atoms with Gasteiger partial charge in [0.05, 0.1) is 18.0 Å². The number of benzene rings is 2. The van der Waals surface area contributed by atoms with Crippen LogP contribution in [0.15, 0.2) is 64.5 Å². The molecule has 0 radical (unpaired) electrons. The molecule has 0 aliphatic heterocycles. The summed E-state index contributed by atoms with van der Waals surface area (Å²) in [5.41, 5.74) is 1.53. The van der Waals surface area contributed by atoms with Crippen molar-refractivity contribution in [3.8, 4) is 5.75 Å². The lowest BCUT2D eigenvalue weighted by Crippen LogP contribution is -2.42. The monoisotopic (exact) mass is 557 g/mol. The van der Waals surface area contributed by atoms with Gasteiger partial charge < -0.3 is 15.4 Å². The number of guanidine groups is 1. The number of nitrogens with one attached hydrogen (secondary N) is 2. The second-order valence-corrected chi connectivity index (χ2v) is 9.73. The quantitative estimate of drug-likeness (QED) is 0.213. The van der Waals surface area contributed by atoms with Crippen molar-refractivity contribution in [2.24, 2.45) is 4.99 Å². The van der Waals surface area contributed by atoms with Gasteiger partial charge in [0.15, 0.2) is 15.8 Å². The highest BCUT2D eigenvalue weighted by atomic mass is 127. The Morgan fingerprint density at radius 1 is 1.06 bits per heavy atom. The molecule has 6 nitrogen and oxygen atoms in total. The van der Waals surface area contributed by atoms with Crippen molar-refractivity contribution in [2.45, 2.75) is 36.5 Å². The summed E-state index contributed by atoms with van der Waals surface area (Å²) in [6.07, 6.45) is 4.79. The van der Waals surface area contributed by atoms with Gasteiger partial charge in [0.2, 0.25) is 0 Å². The second-order valence-electron chi connectivity index (χ2n) is 7.71. The molecule has 0 amide bonds. The Hall–Kier alpha value is -1.81. The molecule has 0 bridgehead atoms. The van der Waals surface area contributed by atoms with Gasteiger partial charge in [0.25, 0.3) is 0 Å². The Morgan fingerprint density at radius 2 is 1.74 bits per heavy atom. The van der Waals surface area contributed by atoms with Crippen molar-refractivity contribution < 1.29 is 13.2 Å². The highest BCUT2D eigenvalue weighted by molar-refractivity contribution is 14.0. The maximum Gasteiger partial charge on any atom is 0.191 e. The lowest BCUT2D eigenvalue weighted by Gasteiger charge is -2.41. The molecule has 31 heavy (non-hydrogen) atoms. The van der Waals surface area contributed by atoms with Crippen LogP contribution in [0.1, 0.15) is 31.7 Å². The SMILES string of the molecule is CCNC(=NCC1(c2ccccc2)CCC1)NCCOc1ccc(S(C)(=O)=O)cc1.I. The molecule has 8 heteroatoms. The van der Waals surface area contributed by atoms with E-state index in [-0.39, 0.29) is 34.3 Å². The molecular weight excluding hydrogens is 525 g/mol. The van der Waals surface area contributed by atoms with Crippen molar-refractivity contribution in [3.63, 3.8) is 0 Å². The van der Waals surface area contributed by atoms with Crippen LogP contribution < -0.4 is 15.4 Å². The van der Waals surface area contributed by atoms with Crippen LogP contribution in [0.2, 0.25) is 0 Å². The third kappa shape index (κ3) is 7.10. The average molecular weight is 557 g/mol. The second kappa shape index (κ2) is 11.7. The summed E-state index contributed by atoms with van der Waals surface area (Å²) in [6.45, 7) is 4.65. The van der Waals surface area contributed by atoms with Gasteiger partial charge in [0, 0.05) is 18.2 Å². The van der Waals surface area contributed by atoms with E-state index in [0.717, 1.165) is 19.0 Å². The summed E-state index contributed by atoms with van der Waals surface area (Å²) >= 11 is 0. The van der Waals surface area contributed by atoms with Crippen LogP contribution >= 0.6 is 24.0 Å². The van der Waals surface area contributed by atoms with Gasteiger partial charge in [0.1, 0.15) is 12.4 Å². The van der Waals surface area contributed by atoms with E-state index >= 15 is 0 Å². The van der Waals surface area contributed by atoms with Gasteiger partial charge in [-0.15, -0.1) is 24.0 Å². The maximum absolute atomic E-state index is 11.5. The molecule has 0 saturated heterocycles. The van der Waals surface area contributed by atoms with Crippen molar-refractivity contribution >= 4 is 39.8 Å². The summed E-state index contributed by atoms with van der Waals surface area (Å²) in [7, 11) is -3.19. The van der Waals surface area contributed by atoms with Gasteiger partial charge >= 0.3 is 0 Å². The van der Waals surface area contributed by atoms with Crippen LogP contribution in [-0.2, 0) is 15.3 Å². The topological polar surface area (TPSA) is 79.8 Å². The molecule has 1 saturated carbocycles. The molecule has 170 valence electrons. The molecule has 1 fully saturated rings. The van der Waals surface area contributed by atoms with Crippen molar-refractivity contribution in [2.75, 3.05) is 32.5 Å². The summed E-state index contributed by atoms with van der Waals surface area (Å²) in [4.78, 5) is 5.13. The first-order chi connectivity index (χ1) is 14.4. The Kier molecular flexibility index (Phi) is 9.61. The smallest absolute Gasteiger partial charge is 0.191 e. The molecule has 1 aliphatic carbocycles. The van der Waals surface area contributed by atoms with Crippen molar-refractivity contribution in [1.82, 2.24) is 10.6 Å². The molecule has 0 heterocycles. The fraction of sp³-hybridized carbons (Fsp3) is 0.435. The largest absolute Gasteiger partial charge is 0.492 e. The summed E-state index contributed by atoms with van der Waals surface area (Å²) in [5, 5.41) is 6.61. The van der Waals surface area contributed by atoms with E-state index in [9.17, 15) is 8.42 Å². The summed E-state index contributed by atoms with van der Waals surface area (Å²) in [5.74, 6) is 1.43. The third-order valence-electron chi connectivity index (χ3n) is 5.50. The van der Waals surface area contributed by atoms with E-state index in [2.05, 4.69) is 41.0 Å². The van der Waals surface area contributed by atoms with Crippen LogP contribution in [0.25, 0.3) is 0 Å². The molecule has 0 aromatic heterocycles. The first kappa shape index (κ1) is 25.5. The molecule has 0 atom stereocenters. The van der Waals surface area contributed by atoms with Gasteiger partial charge in [-0.1, -0.05) is 36.8 Å². The first-order valence-electron chi connectivity index (χ1n) is 10.4. The molecule has 2 N–H and O–H groups in total. The predicted octanol–water partition coefficient (Wildman–Crippen LogP) is 3.76. The fourth-order valence-corrected chi connectivity index (χ4v) is 4.26. The van der Waals surface area contributed by atoms with Crippen LogP contribution in [0.5, 0.6) is 5.75 Å². The van der Waals surface area contributed by atoms with E-state index in [1.54, 1.807) is 24.3 Å². The number of halogens is 1. The van der Waals surface area contributed by atoms with E-state index in [1.165, 1.54) is 31.1 Å². The van der Waals surface area contributed by atoms with Crippen LogP contribution in [0.4, 0.5) is 0 Å². The number of aliphatic imine (C=N–C) groups is 1. The maximum atomic E-state index is 11.5. The molecule has 0 unspecified atom stereocenters. The standard InChI is InChI=1S/C23H31N3O3S.HI/c1-3-24-22(26-18-23(14-7-15-23)19-8-5-4-6-9-19)25-16-17-29-20-10-12-21(13-11-20)30(2,27)28;/h4-6,8-13H,3,7,14-18H2,1-2H3,(H2,24,25,26);1H. The summed E-state index contributed by atoms with van der Waals surface area (Å²) < 4.78 is 28.7. The minimum atomic E-state index is -3.19. The zero-order valence-electron chi connectivity index (χ0n) is 18.1. The third-order valence-corrected chi connectivity index (χ3v) is 6.62. The lowest BCUT2D eigenvalue weighted by molar-refractivity contribution is 0.253. The molecule has 2 aromatic carbocycles. The van der Waals surface area contributed by atoms with Crippen LogP contribution in [0.3, 0.4) is 0 Å². The number of sulfone groups is 1. The zero-order valence-corrected chi connectivity index (χ0v) is 21.3. The summed E-state index contributed by atoms with van der Waals surface area (Å²) in [6, 6.07) is 17.1. The molecule has 3 rings (SSSR count). The van der Waals surface area contributed by atoms with Crippen LogP contribution in [-0.4, -0.2) is 46.9 Å². The number of hydrogen-bond donors (Lipinski definition) is 2. The molecule has 1 aliphatic rings. The minimum absolute atomic E-state index is 0. The highest BCUT2D eigenvalue weighted by Crippen LogP contribution is 2.43. The van der Waals surface area contributed by atoms with Gasteiger partial charge in [-0.3, -0.25) is 4.99 Å². The van der Waals surface area contributed by atoms with Gasteiger partial charge in [-0.25, -0.2) is 8.42 Å². The number of hydrogen-bond acceptors (Lipinski definition) is 4. The number of rotatable bonds is 9. The van der Waals surface area contributed by atoms with Crippen molar-refractivity contribution in [3.05, 3.63) is 60.2 Å². The molecule has 2 aromatic rings. The predicted molar refractivity (Wildman–Crippen MR) is 136 cm³/mol. The van der Waals surface area contributed by atoms with Crippen LogP contribution in [0, 0.1) is 0 Å². The molecule has 0 spiro atoms. The first-order valence-corrected chi connectivity index (χ1v) is 12.3. The zero-order chi connectivity index (χ0) is 21.5. The Labute approximate surface area is 202 Å². The van der Waals surface area contributed by atoms with Gasteiger partial charge in [-0.05, 0) is 49.6 Å². The highest BCUT2D eigenvalue weighted by Gasteiger charge is 2.38. The van der Waals surface area contributed by atoms with E-state index < -0.39 is 9.84 Å². The Bertz CT molecular complexity index is 944.